The summed E-state index contributed by atoms with van der Waals surface area (Å²) in [5.74, 6) is 1.25. The van der Waals surface area contributed by atoms with Gasteiger partial charge in [0.25, 0.3) is 5.91 Å². The zero-order chi connectivity index (χ0) is 22.9. The lowest BCUT2D eigenvalue weighted by atomic mass is 10.2. The average Bonchev–Trinajstić information content (AvgIpc) is 3.29. The lowest BCUT2D eigenvalue weighted by Crippen LogP contribution is -2.48. The van der Waals surface area contributed by atoms with E-state index >= 15 is 0 Å². The molecule has 0 spiro atoms. The second-order valence-corrected chi connectivity index (χ2v) is 9.75. The Kier molecular flexibility index (Phi) is 9.48. The number of allylic oxidation sites excluding steroid dienone is 1. The van der Waals surface area contributed by atoms with Crippen LogP contribution in [0.15, 0.2) is 35.9 Å². The van der Waals surface area contributed by atoms with E-state index in [1.165, 1.54) is 11.3 Å². The van der Waals surface area contributed by atoms with Crippen LogP contribution in [-0.4, -0.2) is 78.6 Å². The van der Waals surface area contributed by atoms with E-state index in [1.54, 1.807) is 16.7 Å². The predicted octanol–water partition coefficient (Wildman–Crippen LogP) is 3.27. The molecule has 2 amide bonds. The van der Waals surface area contributed by atoms with Crippen LogP contribution in [0, 0.1) is 6.92 Å². The molecule has 32 heavy (non-hydrogen) atoms. The molecule has 1 aromatic rings. The van der Waals surface area contributed by atoms with Crippen molar-refractivity contribution >= 4 is 29.3 Å². The minimum Gasteiger partial charge on any atom is -0.369 e. The molecule has 6 nitrogen and oxygen atoms in total. The zero-order valence-corrected chi connectivity index (χ0v) is 20.6. The van der Waals surface area contributed by atoms with Crippen molar-refractivity contribution in [3.05, 3.63) is 41.5 Å². The van der Waals surface area contributed by atoms with Crippen molar-refractivity contribution in [2.45, 2.75) is 46.1 Å². The summed E-state index contributed by atoms with van der Waals surface area (Å²) < 4.78 is 0. The van der Waals surface area contributed by atoms with E-state index in [0.717, 1.165) is 57.6 Å². The first-order chi connectivity index (χ1) is 15.5. The SMILES string of the molecule is CCC=C(C)C(=O)N1CSCC1C(=O)NCCCCN1CCN(c2cccc(C)c2)CC1. The van der Waals surface area contributed by atoms with Gasteiger partial charge in [0, 0.05) is 49.7 Å². The van der Waals surface area contributed by atoms with Gasteiger partial charge in [0.05, 0.1) is 5.88 Å². The second-order valence-electron chi connectivity index (χ2n) is 8.75. The summed E-state index contributed by atoms with van der Waals surface area (Å²) in [7, 11) is 0. The third-order valence-electron chi connectivity index (χ3n) is 6.23. The number of nitrogens with one attached hydrogen (secondary N) is 1. The maximum Gasteiger partial charge on any atom is 0.250 e. The molecule has 2 aliphatic heterocycles. The van der Waals surface area contributed by atoms with Crippen LogP contribution in [-0.2, 0) is 9.59 Å². The molecule has 1 N–H and O–H groups in total. The number of piperazine rings is 1. The number of amides is 2. The number of hydrogen-bond donors (Lipinski definition) is 1. The molecule has 176 valence electrons. The number of unbranched alkanes of at least 4 members (excludes halogenated alkanes) is 1. The van der Waals surface area contributed by atoms with E-state index in [-0.39, 0.29) is 17.9 Å². The van der Waals surface area contributed by atoms with Crippen LogP contribution >= 0.6 is 11.8 Å². The third kappa shape index (κ3) is 6.75. The average molecular weight is 459 g/mol. The van der Waals surface area contributed by atoms with E-state index in [2.05, 4.69) is 46.3 Å². The van der Waals surface area contributed by atoms with Crippen molar-refractivity contribution in [1.29, 1.82) is 0 Å². The number of carbonyl (C=O) groups excluding carboxylic acids is 2. The molecule has 1 atom stereocenters. The number of benzene rings is 1. The van der Waals surface area contributed by atoms with Gasteiger partial charge >= 0.3 is 0 Å². The van der Waals surface area contributed by atoms with Crippen molar-refractivity contribution in [2.75, 3.05) is 55.8 Å². The molecule has 7 heteroatoms. The number of anilines is 1. The Morgan fingerprint density at radius 1 is 1.19 bits per heavy atom. The van der Waals surface area contributed by atoms with Gasteiger partial charge in [-0.15, -0.1) is 11.8 Å². The highest BCUT2D eigenvalue weighted by atomic mass is 32.2. The second kappa shape index (κ2) is 12.3. The molecule has 3 rings (SSSR count). The molecule has 0 aliphatic carbocycles. The van der Waals surface area contributed by atoms with Gasteiger partial charge in [-0.1, -0.05) is 25.1 Å². The van der Waals surface area contributed by atoms with Crippen LogP contribution in [0.25, 0.3) is 0 Å². The quantitative estimate of drug-likeness (QED) is 0.455. The highest BCUT2D eigenvalue weighted by molar-refractivity contribution is 7.99. The van der Waals surface area contributed by atoms with E-state index in [4.69, 9.17) is 0 Å². The molecule has 0 bridgehead atoms. The summed E-state index contributed by atoms with van der Waals surface area (Å²) in [4.78, 5) is 31.9. The van der Waals surface area contributed by atoms with Gasteiger partial charge in [0.15, 0.2) is 0 Å². The molecule has 0 aromatic heterocycles. The van der Waals surface area contributed by atoms with Crippen molar-refractivity contribution in [2.24, 2.45) is 0 Å². The first-order valence-electron chi connectivity index (χ1n) is 11.9. The molecular formula is C25H38N4O2S. The first-order valence-corrected chi connectivity index (χ1v) is 13.0. The molecule has 2 saturated heterocycles. The van der Waals surface area contributed by atoms with Crippen molar-refractivity contribution in [3.63, 3.8) is 0 Å². The van der Waals surface area contributed by atoms with Gasteiger partial charge in [0.1, 0.15) is 6.04 Å². The van der Waals surface area contributed by atoms with E-state index in [0.29, 0.717) is 18.2 Å². The summed E-state index contributed by atoms with van der Waals surface area (Å²) in [5, 5.41) is 3.06. The van der Waals surface area contributed by atoms with Gasteiger partial charge < -0.3 is 15.1 Å². The highest BCUT2D eigenvalue weighted by Gasteiger charge is 2.34. The molecule has 2 aliphatic rings. The van der Waals surface area contributed by atoms with Crippen LogP contribution < -0.4 is 10.2 Å². The summed E-state index contributed by atoms with van der Waals surface area (Å²) in [5.41, 5.74) is 3.36. The van der Waals surface area contributed by atoms with Crippen LogP contribution in [0.5, 0.6) is 0 Å². The Bertz CT molecular complexity index is 805. The van der Waals surface area contributed by atoms with Crippen LogP contribution in [0.1, 0.15) is 38.7 Å². The maximum absolute atomic E-state index is 12.6. The highest BCUT2D eigenvalue weighted by Crippen LogP contribution is 2.23. The van der Waals surface area contributed by atoms with Crippen molar-refractivity contribution in [3.8, 4) is 0 Å². The lowest BCUT2D eigenvalue weighted by molar-refractivity contribution is -0.135. The summed E-state index contributed by atoms with van der Waals surface area (Å²) in [6.07, 6.45) is 4.80. The largest absolute Gasteiger partial charge is 0.369 e. The van der Waals surface area contributed by atoms with Crippen LogP contribution in [0.4, 0.5) is 5.69 Å². The van der Waals surface area contributed by atoms with Crippen LogP contribution in [0.2, 0.25) is 0 Å². The third-order valence-corrected chi connectivity index (χ3v) is 7.25. The molecule has 0 radical (unpaired) electrons. The summed E-state index contributed by atoms with van der Waals surface area (Å²) in [6.45, 7) is 12.0. The van der Waals surface area contributed by atoms with Crippen molar-refractivity contribution in [1.82, 2.24) is 15.1 Å². The molecule has 1 unspecified atom stereocenters. The lowest BCUT2D eigenvalue weighted by Gasteiger charge is -2.36. The monoisotopic (exact) mass is 458 g/mol. The first kappa shape index (κ1) is 24.6. The minimum absolute atomic E-state index is 0.0122. The Balaban J connectivity index is 1.32. The number of thioether (sulfide) groups is 1. The number of hydrogen-bond acceptors (Lipinski definition) is 5. The standard InChI is InChI=1S/C25H38N4O2S/c1-4-8-21(3)25(31)29-19-32-18-23(29)24(30)26-11-5-6-12-27-13-15-28(16-14-27)22-10-7-9-20(2)17-22/h7-10,17,23H,4-6,11-16,18-19H2,1-3H3,(H,26,30). The van der Waals surface area contributed by atoms with Gasteiger partial charge in [-0.2, -0.15) is 0 Å². The van der Waals surface area contributed by atoms with Gasteiger partial charge in [-0.25, -0.2) is 0 Å². The zero-order valence-electron chi connectivity index (χ0n) is 19.8. The fraction of sp³-hybridized carbons (Fsp3) is 0.600. The Labute approximate surface area is 197 Å². The number of aryl methyl sites for hydroxylation is 1. The fourth-order valence-corrected chi connectivity index (χ4v) is 5.48. The van der Waals surface area contributed by atoms with Crippen LogP contribution in [0.3, 0.4) is 0 Å². The Morgan fingerprint density at radius 3 is 2.69 bits per heavy atom. The predicted molar refractivity (Wildman–Crippen MR) is 134 cm³/mol. The van der Waals surface area contributed by atoms with E-state index in [1.807, 2.05) is 19.9 Å². The van der Waals surface area contributed by atoms with E-state index in [9.17, 15) is 9.59 Å². The van der Waals surface area contributed by atoms with Gasteiger partial charge in [0.2, 0.25) is 5.91 Å². The Morgan fingerprint density at radius 2 is 1.97 bits per heavy atom. The van der Waals surface area contributed by atoms with Crippen molar-refractivity contribution < 1.29 is 9.59 Å². The minimum atomic E-state index is -0.345. The molecule has 1 aromatic carbocycles. The topological polar surface area (TPSA) is 55.9 Å². The summed E-state index contributed by atoms with van der Waals surface area (Å²) >= 11 is 1.65. The van der Waals surface area contributed by atoms with E-state index < -0.39 is 0 Å². The fourth-order valence-electron chi connectivity index (χ4n) is 4.32. The Hall–Kier alpha value is -1.99. The normalized spacial score (nSPS) is 20.0. The van der Waals surface area contributed by atoms with Gasteiger partial charge in [-0.3, -0.25) is 14.5 Å². The van der Waals surface area contributed by atoms with Gasteiger partial charge in [-0.05, 0) is 57.4 Å². The number of rotatable bonds is 9. The smallest absolute Gasteiger partial charge is 0.250 e. The molecule has 2 fully saturated rings. The summed E-state index contributed by atoms with van der Waals surface area (Å²) in [6, 6.07) is 8.39. The maximum atomic E-state index is 12.6. The number of carbonyl (C=O) groups is 2. The molecular weight excluding hydrogens is 420 g/mol. The number of nitrogens with zero attached hydrogens (tertiary/aromatic N) is 3. The molecule has 0 saturated carbocycles. The molecule has 2 heterocycles.